The molecule has 258 valence electrons. The van der Waals surface area contributed by atoms with Crippen molar-refractivity contribution in [1.29, 1.82) is 0 Å². The van der Waals surface area contributed by atoms with Gasteiger partial charge in [-0.15, -0.1) is 0 Å². The van der Waals surface area contributed by atoms with Crippen molar-refractivity contribution in [3.05, 3.63) is 130 Å². The van der Waals surface area contributed by atoms with Gasteiger partial charge in [-0.05, 0) is 60.5 Å². The van der Waals surface area contributed by atoms with Crippen LogP contribution in [0.5, 0.6) is 5.88 Å². The van der Waals surface area contributed by atoms with E-state index in [4.69, 9.17) is 9.47 Å². The third kappa shape index (κ3) is 7.29. The number of carboxylic acids is 1. The highest BCUT2D eigenvalue weighted by atomic mass is 19.3. The first-order valence-corrected chi connectivity index (χ1v) is 15.7. The molecule has 3 aromatic heterocycles. The van der Waals surface area contributed by atoms with E-state index in [0.29, 0.717) is 40.3 Å². The highest BCUT2D eigenvalue weighted by molar-refractivity contribution is 5.92. The standard InChI is InChI=1S/C37H26F5N5O4/c38-28-12-21(4-5-22-17-43-47(18-22)37(41)42)6-7-24(28)20-51-35-3-1-2-31(45-35)27-16-29(39)25(13-30(27)40)15-34-44-32-9-8-23(36(48)49)14-33(32)46(34)19-26-10-11-50-26/h1-3,6-9,12-14,16-18,26,37H,10-11,15,19-20H2,(H,48,49). The molecule has 0 radical (unpaired) electrons. The largest absolute Gasteiger partial charge is 0.478 e. The van der Waals surface area contributed by atoms with Crippen LogP contribution in [-0.2, 0) is 24.3 Å². The van der Waals surface area contributed by atoms with Crippen LogP contribution in [-0.4, -0.2) is 48.1 Å². The maximum absolute atomic E-state index is 15.6. The van der Waals surface area contributed by atoms with Crippen LogP contribution in [0.4, 0.5) is 22.0 Å². The second-order valence-corrected chi connectivity index (χ2v) is 11.7. The molecule has 3 aromatic carbocycles. The van der Waals surface area contributed by atoms with Crippen LogP contribution in [0.2, 0.25) is 0 Å². The fourth-order valence-electron chi connectivity index (χ4n) is 5.56. The summed E-state index contributed by atoms with van der Waals surface area (Å²) in [4.78, 5) is 20.5. The van der Waals surface area contributed by atoms with Gasteiger partial charge in [0.15, 0.2) is 0 Å². The van der Waals surface area contributed by atoms with Crippen LogP contribution in [0.3, 0.4) is 0 Å². The SMILES string of the molecule is O=C(O)c1ccc2nc(Cc3cc(F)c(-c4cccc(OCc5ccc(C#Cc6cnn(C(F)F)c6)cc5F)n4)cc3F)n(CC3CCO3)c2c1. The summed E-state index contributed by atoms with van der Waals surface area (Å²) in [6.07, 6.45) is 2.90. The molecule has 14 heteroatoms. The predicted octanol–water partition coefficient (Wildman–Crippen LogP) is 7.16. The Morgan fingerprint density at radius 2 is 1.76 bits per heavy atom. The molecule has 0 saturated carbocycles. The minimum Gasteiger partial charge on any atom is -0.478 e. The van der Waals surface area contributed by atoms with Crippen molar-refractivity contribution in [3.63, 3.8) is 0 Å². The molecule has 1 aliphatic heterocycles. The van der Waals surface area contributed by atoms with Crippen LogP contribution in [0.25, 0.3) is 22.3 Å². The zero-order chi connectivity index (χ0) is 35.6. The van der Waals surface area contributed by atoms with Gasteiger partial charge in [-0.3, -0.25) is 0 Å². The van der Waals surface area contributed by atoms with Gasteiger partial charge in [0.1, 0.15) is 29.9 Å². The molecule has 0 amide bonds. The van der Waals surface area contributed by atoms with E-state index in [1.807, 2.05) is 0 Å². The quantitative estimate of drug-likeness (QED) is 0.120. The lowest BCUT2D eigenvalue weighted by molar-refractivity contribution is -0.0589. The third-order valence-corrected chi connectivity index (χ3v) is 8.32. The topological polar surface area (TPSA) is 104 Å². The molecule has 7 rings (SSSR count). The fraction of sp³-hybridized carbons (Fsp3) is 0.189. The minimum atomic E-state index is -2.79. The van der Waals surface area contributed by atoms with Crippen molar-refractivity contribution >= 4 is 17.0 Å². The van der Waals surface area contributed by atoms with Crippen molar-refractivity contribution in [1.82, 2.24) is 24.3 Å². The number of hydrogen-bond acceptors (Lipinski definition) is 6. The highest BCUT2D eigenvalue weighted by Crippen LogP contribution is 2.29. The second kappa shape index (κ2) is 14.0. The molecule has 1 aliphatic rings. The molecule has 51 heavy (non-hydrogen) atoms. The van der Waals surface area contributed by atoms with Crippen LogP contribution >= 0.6 is 0 Å². The van der Waals surface area contributed by atoms with Crippen molar-refractivity contribution in [2.24, 2.45) is 0 Å². The summed E-state index contributed by atoms with van der Waals surface area (Å²) >= 11 is 0. The van der Waals surface area contributed by atoms with Gasteiger partial charge in [0.2, 0.25) is 5.88 Å². The normalized spacial score (nSPS) is 14.0. The Labute approximate surface area is 286 Å². The molecule has 1 unspecified atom stereocenters. The number of fused-ring (bicyclic) bond motifs is 1. The molecule has 0 bridgehead atoms. The lowest BCUT2D eigenvalue weighted by Crippen LogP contribution is -2.31. The van der Waals surface area contributed by atoms with Gasteiger partial charge in [-0.1, -0.05) is 24.0 Å². The maximum atomic E-state index is 15.6. The van der Waals surface area contributed by atoms with Crippen LogP contribution in [0, 0.1) is 29.3 Å². The second-order valence-electron chi connectivity index (χ2n) is 11.7. The van der Waals surface area contributed by atoms with Gasteiger partial charge in [0.05, 0.1) is 46.7 Å². The molecule has 6 aromatic rings. The van der Waals surface area contributed by atoms with E-state index in [0.717, 1.165) is 24.8 Å². The number of carbonyl (C=O) groups is 1. The molecule has 1 fully saturated rings. The number of nitrogens with zero attached hydrogens (tertiary/aromatic N) is 5. The molecule has 4 heterocycles. The molecular formula is C37H26F5N5O4. The van der Waals surface area contributed by atoms with Crippen molar-refractivity contribution < 1.29 is 41.3 Å². The average Bonchev–Trinajstić information content (AvgIpc) is 3.71. The van der Waals surface area contributed by atoms with E-state index in [1.54, 1.807) is 22.8 Å². The Kier molecular flexibility index (Phi) is 9.20. The lowest BCUT2D eigenvalue weighted by Gasteiger charge is -2.27. The number of imidazole rings is 1. The Morgan fingerprint density at radius 1 is 0.961 bits per heavy atom. The molecule has 9 nitrogen and oxygen atoms in total. The maximum Gasteiger partial charge on any atom is 0.335 e. The first-order valence-electron chi connectivity index (χ1n) is 15.7. The molecule has 0 aliphatic carbocycles. The lowest BCUT2D eigenvalue weighted by atomic mass is 10.0. The van der Waals surface area contributed by atoms with Gasteiger partial charge in [0, 0.05) is 42.0 Å². The number of alkyl halides is 2. The summed E-state index contributed by atoms with van der Waals surface area (Å²) in [6.45, 7) is -2.03. The summed E-state index contributed by atoms with van der Waals surface area (Å²) in [7, 11) is 0. The third-order valence-electron chi connectivity index (χ3n) is 8.32. The molecule has 1 saturated heterocycles. The Morgan fingerprint density at radius 3 is 2.49 bits per heavy atom. The van der Waals surface area contributed by atoms with E-state index < -0.39 is 30.0 Å². The summed E-state index contributed by atoms with van der Waals surface area (Å²) in [6, 6.07) is 15.4. The van der Waals surface area contributed by atoms with Gasteiger partial charge in [-0.2, -0.15) is 13.9 Å². The first-order chi connectivity index (χ1) is 24.6. The molecule has 0 spiro atoms. The minimum absolute atomic E-state index is 0.0417. The van der Waals surface area contributed by atoms with Crippen LogP contribution < -0.4 is 4.74 Å². The van der Waals surface area contributed by atoms with Gasteiger partial charge < -0.3 is 19.1 Å². The number of ether oxygens (including phenoxy) is 2. The zero-order valence-electron chi connectivity index (χ0n) is 26.5. The van der Waals surface area contributed by atoms with E-state index in [-0.39, 0.29) is 58.5 Å². The molecule has 1 N–H and O–H groups in total. The Hall–Kier alpha value is -6.07. The van der Waals surface area contributed by atoms with Crippen molar-refractivity contribution in [3.8, 4) is 29.0 Å². The number of hydrogen-bond donors (Lipinski definition) is 1. The summed E-state index contributed by atoms with van der Waals surface area (Å²) in [5.41, 5.74) is 1.90. The van der Waals surface area contributed by atoms with E-state index in [9.17, 15) is 23.1 Å². The summed E-state index contributed by atoms with van der Waals surface area (Å²) < 4.78 is 84.9. The monoisotopic (exact) mass is 699 g/mol. The number of halogens is 5. The number of pyridine rings is 1. The van der Waals surface area contributed by atoms with E-state index in [1.165, 1.54) is 42.6 Å². The Balaban J connectivity index is 1.07. The number of rotatable bonds is 10. The summed E-state index contributed by atoms with van der Waals surface area (Å²) in [5, 5.41) is 13.0. The number of carboxylic acid groups (broad SMARTS) is 1. The highest BCUT2D eigenvalue weighted by Gasteiger charge is 2.24. The molecular weight excluding hydrogens is 673 g/mol. The predicted molar refractivity (Wildman–Crippen MR) is 174 cm³/mol. The summed E-state index contributed by atoms with van der Waals surface area (Å²) in [5.74, 6) is 2.67. The first kappa shape index (κ1) is 33.4. The van der Waals surface area contributed by atoms with E-state index in [2.05, 4.69) is 26.9 Å². The van der Waals surface area contributed by atoms with Crippen LogP contribution in [0.15, 0.2) is 79.1 Å². The Bertz CT molecular complexity index is 2340. The number of aromatic nitrogens is 5. The van der Waals surface area contributed by atoms with Crippen molar-refractivity contribution in [2.45, 2.75) is 38.6 Å². The number of benzene rings is 3. The van der Waals surface area contributed by atoms with Gasteiger partial charge in [0.25, 0.3) is 0 Å². The van der Waals surface area contributed by atoms with Crippen molar-refractivity contribution in [2.75, 3.05) is 6.61 Å². The zero-order valence-corrected chi connectivity index (χ0v) is 26.5. The fourth-order valence-corrected chi connectivity index (χ4v) is 5.56. The smallest absolute Gasteiger partial charge is 0.335 e. The average molecular weight is 700 g/mol. The van der Waals surface area contributed by atoms with Gasteiger partial charge >= 0.3 is 12.5 Å². The number of aromatic carboxylic acids is 1. The molecule has 1 atom stereocenters. The van der Waals surface area contributed by atoms with E-state index >= 15 is 8.78 Å². The van der Waals surface area contributed by atoms with Gasteiger partial charge in [-0.25, -0.2) is 32.6 Å². The van der Waals surface area contributed by atoms with Crippen LogP contribution in [0.1, 0.15) is 51.4 Å².